The SMILES string of the molecule is CC[N](CC)[Bi]([N](CC)CC)([N](CC)CC)([N](CC)CC)[N](CC)CC. The van der Waals surface area contributed by atoms with Crippen LogP contribution < -0.4 is 0 Å². The molecule has 0 saturated carbocycles. The summed E-state index contributed by atoms with van der Waals surface area (Å²) in [4.78, 5) is 0. The normalized spacial score (nSPS) is 14.8. The van der Waals surface area contributed by atoms with Gasteiger partial charge >= 0.3 is 169 Å². The van der Waals surface area contributed by atoms with Crippen molar-refractivity contribution in [1.29, 1.82) is 0 Å². The number of hydrogen-bond donors (Lipinski definition) is 0. The molecule has 0 aliphatic heterocycles. The van der Waals surface area contributed by atoms with E-state index in [1.807, 2.05) is 0 Å². The first-order valence-electron chi connectivity index (χ1n) is 11.2. The van der Waals surface area contributed by atoms with Gasteiger partial charge in [-0.1, -0.05) is 0 Å². The van der Waals surface area contributed by atoms with Crippen LogP contribution in [0.3, 0.4) is 0 Å². The van der Waals surface area contributed by atoms with Crippen molar-refractivity contribution < 1.29 is 0 Å². The van der Waals surface area contributed by atoms with Gasteiger partial charge in [0.25, 0.3) is 0 Å². The fourth-order valence-electron chi connectivity index (χ4n) is 5.44. The van der Waals surface area contributed by atoms with Gasteiger partial charge < -0.3 is 0 Å². The summed E-state index contributed by atoms with van der Waals surface area (Å²) in [5.41, 5.74) is 0. The fraction of sp³-hybridized carbons (Fsp3) is 1.00. The van der Waals surface area contributed by atoms with Crippen molar-refractivity contribution in [1.82, 2.24) is 14.2 Å². The van der Waals surface area contributed by atoms with Gasteiger partial charge in [0, 0.05) is 0 Å². The molecule has 6 heteroatoms. The zero-order chi connectivity index (χ0) is 20.4. The Labute approximate surface area is 168 Å². The van der Waals surface area contributed by atoms with Crippen molar-refractivity contribution in [3.63, 3.8) is 0 Å². The number of nitrogens with zero attached hydrogens (tertiary/aromatic N) is 5. The summed E-state index contributed by atoms with van der Waals surface area (Å²) in [5, 5.41) is 0. The van der Waals surface area contributed by atoms with Crippen molar-refractivity contribution >= 4 is 20.2 Å². The van der Waals surface area contributed by atoms with E-state index in [2.05, 4.69) is 83.5 Å². The van der Waals surface area contributed by atoms with Gasteiger partial charge in [-0.2, -0.15) is 0 Å². The Morgan fingerprint density at radius 3 is 0.500 bits per heavy atom. The Morgan fingerprint density at radius 2 is 0.423 bits per heavy atom. The fourth-order valence-corrected chi connectivity index (χ4v) is 39.0. The summed E-state index contributed by atoms with van der Waals surface area (Å²) in [6, 6.07) is 0. The van der Waals surface area contributed by atoms with E-state index in [9.17, 15) is 0 Å². The monoisotopic (exact) mass is 569 g/mol. The van der Waals surface area contributed by atoms with Gasteiger partial charge in [0.05, 0.1) is 0 Å². The molecule has 0 atom stereocenters. The van der Waals surface area contributed by atoms with Crippen LogP contribution in [0.2, 0.25) is 0 Å². The van der Waals surface area contributed by atoms with Crippen LogP contribution in [0.15, 0.2) is 0 Å². The predicted molar refractivity (Wildman–Crippen MR) is 120 cm³/mol. The van der Waals surface area contributed by atoms with E-state index in [1.54, 1.807) is 0 Å². The summed E-state index contributed by atoms with van der Waals surface area (Å²) in [6.07, 6.45) is 0. The van der Waals surface area contributed by atoms with Crippen LogP contribution in [0.5, 0.6) is 0 Å². The molecular weight excluding hydrogens is 519 g/mol. The first-order valence-corrected chi connectivity index (χ1v) is 19.0. The summed E-state index contributed by atoms with van der Waals surface area (Å²) in [6.45, 7) is 34.9. The second-order valence-corrected chi connectivity index (χ2v) is 24.5. The molecule has 0 aromatic carbocycles. The van der Waals surface area contributed by atoms with Gasteiger partial charge in [-0.15, -0.1) is 0 Å². The molecule has 0 aliphatic carbocycles. The van der Waals surface area contributed by atoms with Crippen LogP contribution in [0, 0.1) is 0 Å². The quantitative estimate of drug-likeness (QED) is 0.280. The molecule has 0 unspecified atom stereocenters. The molecule has 0 fully saturated rings. The molecule has 5 nitrogen and oxygen atoms in total. The van der Waals surface area contributed by atoms with E-state index < -0.39 is 20.2 Å². The molecule has 0 heterocycles. The molecule has 0 spiro atoms. The van der Waals surface area contributed by atoms with Crippen molar-refractivity contribution in [3.8, 4) is 0 Å². The molecule has 0 aromatic heterocycles. The third-order valence-electron chi connectivity index (χ3n) is 6.18. The number of hydrogen-bond acceptors (Lipinski definition) is 5. The Hall–Kier alpha value is 0.683. The van der Waals surface area contributed by atoms with Crippen LogP contribution in [-0.4, -0.2) is 99.9 Å². The second-order valence-electron chi connectivity index (χ2n) is 6.59. The molecule has 0 aliphatic rings. The zero-order valence-corrected chi connectivity index (χ0v) is 23.2. The zero-order valence-electron chi connectivity index (χ0n) is 19.8. The van der Waals surface area contributed by atoms with E-state index in [-0.39, 0.29) is 0 Å². The molecule has 0 aromatic rings. The van der Waals surface area contributed by atoms with Gasteiger partial charge in [0.2, 0.25) is 0 Å². The standard InChI is InChI=1S/5C4H10N.Bi/c5*1-3-5-4-2;/h5*3-4H2,1-2H3;/q5*-1;+5. The summed E-state index contributed by atoms with van der Waals surface area (Å²) < 4.78 is 14.6. The van der Waals surface area contributed by atoms with Gasteiger partial charge in [-0.05, 0) is 0 Å². The van der Waals surface area contributed by atoms with Crippen molar-refractivity contribution in [2.45, 2.75) is 69.2 Å². The van der Waals surface area contributed by atoms with Crippen molar-refractivity contribution in [2.24, 2.45) is 0 Å². The van der Waals surface area contributed by atoms with E-state index in [4.69, 9.17) is 0 Å². The number of rotatable bonds is 15. The molecular formula is C20H50BiN5. The molecule has 0 N–H and O–H groups in total. The maximum absolute atomic E-state index is 4.18. The predicted octanol–water partition coefficient (Wildman–Crippen LogP) is 3.58. The Morgan fingerprint density at radius 1 is 0.308 bits per heavy atom. The molecule has 0 radical (unpaired) electrons. The first-order chi connectivity index (χ1) is 12.4. The second kappa shape index (κ2) is 12.3. The van der Waals surface area contributed by atoms with Crippen molar-refractivity contribution in [3.05, 3.63) is 0 Å². The van der Waals surface area contributed by atoms with E-state index >= 15 is 0 Å². The average Bonchev–Trinajstić information content (AvgIpc) is 2.66. The molecule has 0 saturated heterocycles. The molecule has 0 amide bonds. The molecule has 0 rings (SSSR count). The van der Waals surface area contributed by atoms with E-state index in [0.29, 0.717) is 0 Å². The van der Waals surface area contributed by atoms with Crippen molar-refractivity contribution in [2.75, 3.05) is 65.4 Å². The van der Waals surface area contributed by atoms with Gasteiger partial charge in [0.1, 0.15) is 0 Å². The maximum atomic E-state index is 2.92. The van der Waals surface area contributed by atoms with E-state index in [1.165, 1.54) is 0 Å². The average molecular weight is 570 g/mol. The minimum atomic E-state index is -4.18. The Balaban J connectivity index is 7.47. The first kappa shape index (κ1) is 26.7. The minimum absolute atomic E-state index is 1.11. The third kappa shape index (κ3) is 3.76. The van der Waals surface area contributed by atoms with Gasteiger partial charge in [-0.25, -0.2) is 0 Å². The van der Waals surface area contributed by atoms with Crippen LogP contribution in [0.1, 0.15) is 69.2 Å². The van der Waals surface area contributed by atoms with Crippen LogP contribution in [0.25, 0.3) is 0 Å². The summed E-state index contributed by atoms with van der Waals surface area (Å²) in [5.74, 6) is 0. The molecule has 26 heavy (non-hydrogen) atoms. The molecule has 160 valence electrons. The Kier molecular flexibility index (Phi) is 12.6. The van der Waals surface area contributed by atoms with Crippen LogP contribution in [-0.2, 0) is 0 Å². The summed E-state index contributed by atoms with van der Waals surface area (Å²) in [7, 11) is 0. The Bertz CT molecular complexity index is 272. The van der Waals surface area contributed by atoms with E-state index in [0.717, 1.165) is 65.4 Å². The summed E-state index contributed by atoms with van der Waals surface area (Å²) >= 11 is -4.18. The topological polar surface area (TPSA) is 16.2 Å². The third-order valence-corrected chi connectivity index (χ3v) is 36.8. The van der Waals surface area contributed by atoms with Crippen LogP contribution >= 0.6 is 0 Å². The van der Waals surface area contributed by atoms with Crippen LogP contribution in [0.4, 0.5) is 0 Å². The van der Waals surface area contributed by atoms with Gasteiger partial charge in [-0.3, -0.25) is 0 Å². The molecule has 0 bridgehead atoms. The van der Waals surface area contributed by atoms with Gasteiger partial charge in [0.15, 0.2) is 0 Å².